The Balaban J connectivity index is 1.35. The number of fused-ring (bicyclic) bond motifs is 1. The second-order valence-corrected chi connectivity index (χ2v) is 5.58. The minimum atomic E-state index is 0.453. The summed E-state index contributed by atoms with van der Waals surface area (Å²) in [6.07, 6.45) is 2.27. The van der Waals surface area contributed by atoms with Crippen LogP contribution in [0.3, 0.4) is 0 Å². The number of morpholine rings is 1. The number of ether oxygens (including phenoxy) is 2. The van der Waals surface area contributed by atoms with Gasteiger partial charge in [-0.3, -0.25) is 4.90 Å². The largest absolute Gasteiger partial charge is 0.492 e. The smallest absolute Gasteiger partial charge is 0.122 e. The molecule has 1 unspecified atom stereocenters. The number of nitrogens with one attached hydrogen (secondary N) is 1. The van der Waals surface area contributed by atoms with Crippen LogP contribution in [0.4, 0.5) is 0 Å². The van der Waals surface area contributed by atoms with Crippen molar-refractivity contribution in [2.75, 3.05) is 46.0 Å². The number of hydrogen-bond acceptors (Lipinski definition) is 4. The maximum atomic E-state index is 5.79. The van der Waals surface area contributed by atoms with Gasteiger partial charge in [-0.1, -0.05) is 18.2 Å². The third-order valence-corrected chi connectivity index (χ3v) is 4.07. The Hall–Kier alpha value is -1.10. The van der Waals surface area contributed by atoms with Crippen LogP contribution in [0.15, 0.2) is 24.3 Å². The molecule has 2 heterocycles. The van der Waals surface area contributed by atoms with E-state index in [0.717, 1.165) is 51.6 Å². The highest BCUT2D eigenvalue weighted by atomic mass is 16.5. The van der Waals surface area contributed by atoms with Crippen LogP contribution in [0.1, 0.15) is 12.0 Å². The van der Waals surface area contributed by atoms with Gasteiger partial charge in [-0.05, 0) is 37.6 Å². The highest BCUT2D eigenvalue weighted by molar-refractivity contribution is 5.35. The van der Waals surface area contributed by atoms with E-state index in [0.29, 0.717) is 6.04 Å². The van der Waals surface area contributed by atoms with Crippen LogP contribution in [0.5, 0.6) is 5.75 Å². The van der Waals surface area contributed by atoms with E-state index in [9.17, 15) is 0 Å². The molecular weight excluding hydrogens is 252 g/mol. The first-order chi connectivity index (χ1) is 9.92. The molecule has 1 saturated heterocycles. The van der Waals surface area contributed by atoms with Crippen LogP contribution in [0.2, 0.25) is 0 Å². The van der Waals surface area contributed by atoms with Crippen LogP contribution < -0.4 is 10.1 Å². The number of nitrogens with zero attached hydrogens (tertiary/aromatic N) is 1. The Bertz CT molecular complexity index is 419. The molecule has 20 heavy (non-hydrogen) atoms. The lowest BCUT2D eigenvalue weighted by Gasteiger charge is -2.28. The molecule has 1 atom stereocenters. The van der Waals surface area contributed by atoms with Gasteiger partial charge < -0.3 is 14.8 Å². The molecule has 0 aromatic heterocycles. The topological polar surface area (TPSA) is 33.7 Å². The van der Waals surface area contributed by atoms with Crippen molar-refractivity contribution >= 4 is 0 Å². The van der Waals surface area contributed by atoms with Crippen LogP contribution in [-0.2, 0) is 11.2 Å². The predicted octanol–water partition coefficient (Wildman–Crippen LogP) is 1.30. The molecule has 1 fully saturated rings. The van der Waals surface area contributed by atoms with Gasteiger partial charge in [0.25, 0.3) is 0 Å². The van der Waals surface area contributed by atoms with E-state index < -0.39 is 0 Å². The molecular formula is C16H24N2O2. The quantitative estimate of drug-likeness (QED) is 0.822. The fraction of sp³-hybridized carbons (Fsp3) is 0.625. The highest BCUT2D eigenvalue weighted by Crippen LogP contribution is 2.23. The van der Waals surface area contributed by atoms with E-state index in [-0.39, 0.29) is 0 Å². The van der Waals surface area contributed by atoms with Crippen molar-refractivity contribution in [1.82, 2.24) is 10.2 Å². The molecule has 0 bridgehead atoms. The van der Waals surface area contributed by atoms with Crippen molar-refractivity contribution in [3.63, 3.8) is 0 Å². The molecule has 0 radical (unpaired) electrons. The first kappa shape index (κ1) is 13.9. The summed E-state index contributed by atoms with van der Waals surface area (Å²) in [5, 5.41) is 3.62. The molecule has 1 N–H and O–H groups in total. The molecule has 4 heteroatoms. The SMILES string of the molecule is c1ccc2c(c1)CC(NCCCN1CCOCC1)CO2. The maximum absolute atomic E-state index is 5.79. The fourth-order valence-corrected chi connectivity index (χ4v) is 2.89. The molecule has 1 aromatic rings. The molecule has 0 spiro atoms. The zero-order valence-electron chi connectivity index (χ0n) is 12.0. The van der Waals surface area contributed by atoms with Crippen LogP contribution in [0, 0.1) is 0 Å². The second-order valence-electron chi connectivity index (χ2n) is 5.58. The second kappa shape index (κ2) is 7.07. The van der Waals surface area contributed by atoms with Crippen molar-refractivity contribution in [1.29, 1.82) is 0 Å². The summed E-state index contributed by atoms with van der Waals surface area (Å²) < 4.78 is 11.2. The minimum absolute atomic E-state index is 0.453. The first-order valence-electron chi connectivity index (χ1n) is 7.66. The van der Waals surface area contributed by atoms with E-state index in [2.05, 4.69) is 28.4 Å². The van der Waals surface area contributed by atoms with Gasteiger partial charge in [-0.2, -0.15) is 0 Å². The van der Waals surface area contributed by atoms with Crippen molar-refractivity contribution in [2.24, 2.45) is 0 Å². The summed E-state index contributed by atoms with van der Waals surface area (Å²) in [5.74, 6) is 1.05. The van der Waals surface area contributed by atoms with Crippen molar-refractivity contribution in [3.05, 3.63) is 29.8 Å². The van der Waals surface area contributed by atoms with Gasteiger partial charge >= 0.3 is 0 Å². The summed E-state index contributed by atoms with van der Waals surface area (Å²) in [5.41, 5.74) is 1.32. The van der Waals surface area contributed by atoms with Crippen LogP contribution >= 0.6 is 0 Å². The molecule has 0 aliphatic carbocycles. The Labute approximate surface area is 121 Å². The van der Waals surface area contributed by atoms with E-state index >= 15 is 0 Å². The van der Waals surface area contributed by atoms with Gasteiger partial charge in [0.1, 0.15) is 12.4 Å². The average molecular weight is 276 g/mol. The van der Waals surface area contributed by atoms with Gasteiger partial charge in [0.15, 0.2) is 0 Å². The van der Waals surface area contributed by atoms with Gasteiger partial charge in [0.05, 0.1) is 13.2 Å². The molecule has 0 amide bonds. The van der Waals surface area contributed by atoms with Gasteiger partial charge in [0, 0.05) is 19.1 Å². The van der Waals surface area contributed by atoms with Crippen LogP contribution in [-0.4, -0.2) is 56.9 Å². The van der Waals surface area contributed by atoms with Crippen molar-refractivity contribution < 1.29 is 9.47 Å². The molecule has 3 rings (SSSR count). The number of rotatable bonds is 5. The van der Waals surface area contributed by atoms with Gasteiger partial charge in [0.2, 0.25) is 0 Å². The van der Waals surface area contributed by atoms with Crippen molar-refractivity contribution in [3.8, 4) is 5.75 Å². The van der Waals surface area contributed by atoms with Gasteiger partial charge in [-0.25, -0.2) is 0 Å². The molecule has 110 valence electrons. The molecule has 1 aromatic carbocycles. The zero-order valence-corrected chi connectivity index (χ0v) is 12.0. The summed E-state index contributed by atoms with van der Waals surface area (Å²) in [7, 11) is 0. The normalized spacial score (nSPS) is 23.1. The standard InChI is InChI=1S/C16H24N2O2/c1-2-5-16-14(4-1)12-15(13-20-16)17-6-3-7-18-8-10-19-11-9-18/h1-2,4-5,15,17H,3,6-13H2. The van der Waals surface area contributed by atoms with E-state index in [1.807, 2.05) is 6.07 Å². The molecule has 2 aliphatic heterocycles. The van der Waals surface area contributed by atoms with E-state index in [4.69, 9.17) is 9.47 Å². The maximum Gasteiger partial charge on any atom is 0.122 e. The molecule has 0 saturated carbocycles. The minimum Gasteiger partial charge on any atom is -0.492 e. The summed E-state index contributed by atoms with van der Waals surface area (Å²) in [6, 6.07) is 8.80. The average Bonchev–Trinajstić information content (AvgIpc) is 2.52. The third kappa shape index (κ3) is 3.72. The number of hydrogen-bond donors (Lipinski definition) is 1. The summed E-state index contributed by atoms with van der Waals surface area (Å²) in [6.45, 7) is 6.96. The predicted molar refractivity (Wildman–Crippen MR) is 79.3 cm³/mol. The van der Waals surface area contributed by atoms with Gasteiger partial charge in [-0.15, -0.1) is 0 Å². The summed E-state index contributed by atoms with van der Waals surface area (Å²) >= 11 is 0. The molecule has 2 aliphatic rings. The molecule has 4 nitrogen and oxygen atoms in total. The van der Waals surface area contributed by atoms with Crippen LogP contribution in [0.25, 0.3) is 0 Å². The lowest BCUT2D eigenvalue weighted by atomic mass is 10.0. The summed E-state index contributed by atoms with van der Waals surface area (Å²) in [4.78, 5) is 2.48. The Morgan fingerprint density at radius 2 is 2.05 bits per heavy atom. The lowest BCUT2D eigenvalue weighted by Crippen LogP contribution is -2.41. The Kier molecular flexibility index (Phi) is 4.90. The van der Waals surface area contributed by atoms with E-state index in [1.165, 1.54) is 18.5 Å². The first-order valence-corrected chi connectivity index (χ1v) is 7.66. The third-order valence-electron chi connectivity index (χ3n) is 4.07. The van der Waals surface area contributed by atoms with Crippen molar-refractivity contribution in [2.45, 2.75) is 18.9 Å². The number of benzene rings is 1. The zero-order chi connectivity index (χ0) is 13.6. The lowest BCUT2D eigenvalue weighted by molar-refractivity contribution is 0.0373. The Morgan fingerprint density at radius 1 is 1.20 bits per heavy atom. The van der Waals surface area contributed by atoms with E-state index in [1.54, 1.807) is 0 Å². The Morgan fingerprint density at radius 3 is 2.95 bits per heavy atom. The highest BCUT2D eigenvalue weighted by Gasteiger charge is 2.18. The monoisotopic (exact) mass is 276 g/mol. The number of para-hydroxylation sites is 1. The fourth-order valence-electron chi connectivity index (χ4n) is 2.89.